The summed E-state index contributed by atoms with van der Waals surface area (Å²) >= 11 is 2.83. The monoisotopic (exact) mass is 483 g/mol. The van der Waals surface area contributed by atoms with E-state index in [1.54, 1.807) is 34.4 Å². The van der Waals surface area contributed by atoms with Crippen LogP contribution in [-0.2, 0) is 22.2 Å². The van der Waals surface area contributed by atoms with Crippen LogP contribution in [0.4, 0.5) is 11.4 Å². The van der Waals surface area contributed by atoms with Gasteiger partial charge in [0.15, 0.2) is 0 Å². The largest absolute Gasteiger partial charge is 0.395 e. The molecule has 0 aliphatic carbocycles. The molecule has 1 aromatic carbocycles. The topological polar surface area (TPSA) is 83.5 Å². The number of hydrogen-bond acceptors (Lipinski definition) is 8. The number of carbonyl (C=O) groups excluding carboxylic acids is 1. The van der Waals surface area contributed by atoms with Crippen LogP contribution in [0.5, 0.6) is 0 Å². The molecule has 0 spiro atoms. The molecule has 33 heavy (non-hydrogen) atoms. The number of nitrogens with zero attached hydrogens (tertiary/aromatic N) is 5. The van der Waals surface area contributed by atoms with E-state index < -0.39 is 5.92 Å². The average Bonchev–Trinajstić information content (AvgIpc) is 3.13. The van der Waals surface area contributed by atoms with Crippen molar-refractivity contribution in [3.8, 4) is 0 Å². The molecular weight excluding hydrogens is 458 g/mol. The minimum Gasteiger partial charge on any atom is -0.395 e. The van der Waals surface area contributed by atoms with Gasteiger partial charge in [0.2, 0.25) is 5.91 Å². The van der Waals surface area contributed by atoms with Crippen LogP contribution < -0.4 is 5.06 Å². The Balaban J connectivity index is 0.000000821. The number of amides is 1. The van der Waals surface area contributed by atoms with Crippen molar-refractivity contribution in [2.24, 2.45) is 0 Å². The molecule has 10 heteroatoms. The van der Waals surface area contributed by atoms with Crippen molar-refractivity contribution in [1.29, 1.82) is 0 Å². The summed E-state index contributed by atoms with van der Waals surface area (Å²) in [5, 5.41) is 16.2. The second-order valence-electron chi connectivity index (χ2n) is 7.37. The van der Waals surface area contributed by atoms with Crippen molar-refractivity contribution in [2.45, 2.75) is 30.8 Å². The van der Waals surface area contributed by atoms with Gasteiger partial charge in [0.25, 0.3) is 0 Å². The van der Waals surface area contributed by atoms with Crippen LogP contribution in [0.3, 0.4) is 0 Å². The fraction of sp³-hybridized carbons (Fsp3) is 0.261. The zero-order valence-electron chi connectivity index (χ0n) is 18.4. The van der Waals surface area contributed by atoms with Crippen LogP contribution in [0.15, 0.2) is 66.3 Å². The van der Waals surface area contributed by atoms with Crippen molar-refractivity contribution in [3.63, 3.8) is 0 Å². The highest BCUT2D eigenvalue weighted by atomic mass is 32.2. The Morgan fingerprint density at radius 3 is 2.79 bits per heavy atom. The Bertz CT molecular complexity index is 1110. The number of aliphatic hydroxyl groups is 1. The maximum atomic E-state index is 12.9. The molecular formula is C23H25N5O3S2. The fourth-order valence-corrected chi connectivity index (χ4v) is 4.69. The van der Waals surface area contributed by atoms with E-state index in [9.17, 15) is 9.90 Å². The van der Waals surface area contributed by atoms with E-state index in [1.165, 1.54) is 24.0 Å². The van der Waals surface area contributed by atoms with Crippen LogP contribution in [-0.4, -0.2) is 42.9 Å². The minimum absolute atomic E-state index is 0.131. The lowest BCUT2D eigenvalue weighted by molar-refractivity contribution is -0.134. The number of aliphatic hydroxyl groups excluding tert-OH is 1. The Morgan fingerprint density at radius 1 is 1.30 bits per heavy atom. The highest BCUT2D eigenvalue weighted by Crippen LogP contribution is 2.50. The second-order valence-corrected chi connectivity index (χ2v) is 8.88. The number of carbonyl (C=O) groups is 1. The summed E-state index contributed by atoms with van der Waals surface area (Å²) in [7, 11) is 0. The number of fused-ring (bicyclic) bond motifs is 2. The molecule has 4 heterocycles. The zero-order chi connectivity index (χ0) is 23.4. The third kappa shape index (κ3) is 5.09. The molecule has 1 unspecified atom stereocenters. The van der Waals surface area contributed by atoms with E-state index >= 15 is 0 Å². The van der Waals surface area contributed by atoms with Crippen LogP contribution in [0.2, 0.25) is 0 Å². The normalized spacial score (nSPS) is 14.2. The van der Waals surface area contributed by atoms with Gasteiger partial charge < -0.3 is 10.0 Å². The van der Waals surface area contributed by atoms with Gasteiger partial charge in [-0.05, 0) is 37.3 Å². The maximum absolute atomic E-state index is 12.9. The number of benzene rings is 1. The molecule has 8 nitrogen and oxygen atoms in total. The van der Waals surface area contributed by atoms with Crippen molar-refractivity contribution in [1.82, 2.24) is 19.1 Å². The molecule has 0 saturated carbocycles. The summed E-state index contributed by atoms with van der Waals surface area (Å²) in [5.74, 6) is -0.782. The molecule has 1 atom stereocenters. The molecule has 1 amide bonds. The lowest BCUT2D eigenvalue weighted by atomic mass is 10.0. The lowest BCUT2D eigenvalue weighted by Gasteiger charge is -2.21. The van der Waals surface area contributed by atoms with Crippen molar-refractivity contribution < 1.29 is 14.2 Å². The predicted octanol–water partition coefficient (Wildman–Crippen LogP) is 4.31. The first-order valence-corrected chi connectivity index (χ1v) is 12.3. The molecule has 2 aromatic heterocycles. The zero-order valence-corrected chi connectivity index (χ0v) is 20.1. The van der Waals surface area contributed by atoms with E-state index in [0.717, 1.165) is 27.5 Å². The van der Waals surface area contributed by atoms with Gasteiger partial charge in [-0.2, -0.15) is 9.38 Å². The summed E-state index contributed by atoms with van der Waals surface area (Å²) in [6.45, 7) is 5.90. The highest BCUT2D eigenvalue weighted by Gasteiger charge is 2.33. The molecule has 0 radical (unpaired) electrons. The summed E-state index contributed by atoms with van der Waals surface area (Å²) in [6.07, 6.45) is 7.23. The van der Waals surface area contributed by atoms with Gasteiger partial charge in [0.1, 0.15) is 5.92 Å². The third-order valence-corrected chi connectivity index (χ3v) is 6.21. The maximum Gasteiger partial charge on any atom is 0.234 e. The van der Waals surface area contributed by atoms with E-state index in [1.807, 2.05) is 41.7 Å². The van der Waals surface area contributed by atoms with Crippen LogP contribution in [0.1, 0.15) is 29.8 Å². The standard InChI is InChI=1S/C20H19N5O3S2.C3H6/c1-29-28-25-18-6-5-14(8-19(18)25)30-24-10-13-9-23(11-17(13)22-24)20(27)15(12-26)16-4-2-3-7-21-16;1-3-2/h2-8,10,15,26H,9,11-12H2,1H3;3H,1H2,2H3. The number of aromatic nitrogens is 3. The lowest BCUT2D eigenvalue weighted by Crippen LogP contribution is -2.33. The van der Waals surface area contributed by atoms with Crippen molar-refractivity contribution >= 4 is 41.3 Å². The predicted molar refractivity (Wildman–Crippen MR) is 131 cm³/mol. The summed E-state index contributed by atoms with van der Waals surface area (Å²) in [5.41, 5.74) is 4.63. The van der Waals surface area contributed by atoms with Gasteiger partial charge in [-0.1, -0.05) is 12.1 Å². The highest BCUT2D eigenvalue weighted by molar-refractivity contribution is 7.97. The SMILES string of the molecule is C=CC.CSON1c2ccc(Sn3cc4c(n3)CN(C(=O)C(CO)c3ccccn3)C4)cc21. The summed E-state index contributed by atoms with van der Waals surface area (Å²) in [6, 6.07) is 11.5. The molecule has 0 fully saturated rings. The number of rotatable bonds is 7. The van der Waals surface area contributed by atoms with E-state index in [2.05, 4.69) is 22.7 Å². The first kappa shape index (κ1) is 23.4. The van der Waals surface area contributed by atoms with Gasteiger partial charge in [-0.25, -0.2) is 9.15 Å². The molecule has 1 N–H and O–H groups in total. The Kier molecular flexibility index (Phi) is 7.39. The molecule has 2 aliphatic heterocycles. The van der Waals surface area contributed by atoms with Crippen LogP contribution >= 0.6 is 24.0 Å². The van der Waals surface area contributed by atoms with E-state index in [0.29, 0.717) is 18.8 Å². The fourth-order valence-electron chi connectivity index (χ4n) is 3.55. The minimum atomic E-state index is -0.651. The van der Waals surface area contributed by atoms with E-state index in [4.69, 9.17) is 4.28 Å². The van der Waals surface area contributed by atoms with Gasteiger partial charge in [-0.3, -0.25) is 9.78 Å². The number of allylic oxidation sites excluding steroid dienone is 1. The van der Waals surface area contributed by atoms with Crippen molar-refractivity contribution in [2.75, 3.05) is 17.9 Å². The number of anilines is 2. The van der Waals surface area contributed by atoms with Crippen LogP contribution in [0, 0.1) is 0 Å². The van der Waals surface area contributed by atoms with E-state index in [-0.39, 0.29) is 12.5 Å². The average molecular weight is 484 g/mol. The van der Waals surface area contributed by atoms with Crippen molar-refractivity contribution in [3.05, 3.63) is 78.4 Å². The molecule has 172 valence electrons. The molecule has 0 bridgehead atoms. The smallest absolute Gasteiger partial charge is 0.234 e. The van der Waals surface area contributed by atoms with Gasteiger partial charge in [0.05, 0.1) is 35.9 Å². The van der Waals surface area contributed by atoms with Gasteiger partial charge in [0, 0.05) is 59.6 Å². The number of pyridine rings is 1. The quantitative estimate of drug-likeness (QED) is 0.302. The summed E-state index contributed by atoms with van der Waals surface area (Å²) in [4.78, 5) is 19.9. The molecule has 3 aromatic rings. The number of hydrogen-bond donors (Lipinski definition) is 1. The Labute approximate surface area is 201 Å². The summed E-state index contributed by atoms with van der Waals surface area (Å²) < 4.78 is 7.26. The molecule has 2 aliphatic rings. The molecule has 5 rings (SSSR count). The Hall–Kier alpha value is -2.79. The first-order chi connectivity index (χ1) is 16.1. The van der Waals surface area contributed by atoms with Gasteiger partial charge in [-0.15, -0.1) is 6.58 Å². The van der Waals surface area contributed by atoms with Crippen LogP contribution in [0.25, 0.3) is 0 Å². The first-order valence-electron chi connectivity index (χ1n) is 10.4. The second kappa shape index (κ2) is 10.4. The van der Waals surface area contributed by atoms with Gasteiger partial charge >= 0.3 is 0 Å². The Morgan fingerprint density at radius 2 is 2.12 bits per heavy atom. The molecule has 0 saturated heterocycles. The third-order valence-electron chi connectivity index (χ3n) is 5.08.